The summed E-state index contributed by atoms with van der Waals surface area (Å²) in [4.78, 5) is 23.3. The topological polar surface area (TPSA) is 58.1 Å². The molecule has 1 aromatic heterocycles. The summed E-state index contributed by atoms with van der Waals surface area (Å²) in [6.07, 6.45) is 0. The second kappa shape index (κ2) is 9.76. The molecule has 5 nitrogen and oxygen atoms in total. The van der Waals surface area contributed by atoms with Gasteiger partial charge in [0.2, 0.25) is 0 Å². The fraction of sp³-hybridized carbons (Fsp3) is 0.227. The van der Waals surface area contributed by atoms with Crippen molar-refractivity contribution in [2.24, 2.45) is 0 Å². The summed E-state index contributed by atoms with van der Waals surface area (Å²) in [5.74, 6) is 1.31. The van der Waals surface area contributed by atoms with E-state index in [1.807, 2.05) is 80.5 Å². The molecule has 7 heteroatoms. The van der Waals surface area contributed by atoms with E-state index in [1.54, 1.807) is 6.07 Å². The van der Waals surface area contributed by atoms with Crippen LogP contribution in [0.25, 0.3) is 0 Å². The van der Waals surface area contributed by atoms with E-state index in [2.05, 4.69) is 15.3 Å². The first-order valence-electron chi connectivity index (χ1n) is 9.22. The molecule has 1 atom stereocenters. The Morgan fingerprint density at radius 1 is 1.10 bits per heavy atom. The molecule has 150 valence electrons. The molecule has 0 aliphatic carbocycles. The zero-order valence-electron chi connectivity index (χ0n) is 16.6. The molecule has 1 amide bonds. The highest BCUT2D eigenvalue weighted by atomic mass is 35.5. The highest BCUT2D eigenvalue weighted by Crippen LogP contribution is 2.24. The van der Waals surface area contributed by atoms with Crippen molar-refractivity contribution >= 4 is 35.1 Å². The first-order chi connectivity index (χ1) is 13.9. The molecule has 0 radical (unpaired) electrons. The molecule has 29 heavy (non-hydrogen) atoms. The van der Waals surface area contributed by atoms with Gasteiger partial charge in [0.1, 0.15) is 11.0 Å². The lowest BCUT2D eigenvalue weighted by molar-refractivity contribution is 0.0940. The zero-order valence-corrected chi connectivity index (χ0v) is 18.2. The maximum absolute atomic E-state index is 12.7. The third-order valence-electron chi connectivity index (χ3n) is 4.32. The van der Waals surface area contributed by atoms with Crippen LogP contribution in [-0.2, 0) is 5.75 Å². The summed E-state index contributed by atoms with van der Waals surface area (Å²) in [6, 6.07) is 19.2. The Hall–Kier alpha value is -2.57. The van der Waals surface area contributed by atoms with Crippen molar-refractivity contribution in [2.75, 3.05) is 19.0 Å². The molecule has 0 saturated heterocycles. The lowest BCUT2D eigenvalue weighted by atomic mass is 10.1. The number of hydrogen-bond donors (Lipinski definition) is 1. The molecular formula is C22H23ClN4OS. The number of thioether (sulfide) groups is 1. The largest absolute Gasteiger partial charge is 0.363 e. The average molecular weight is 427 g/mol. The molecular weight excluding hydrogens is 404 g/mol. The van der Waals surface area contributed by atoms with E-state index in [9.17, 15) is 4.79 Å². The Bertz CT molecular complexity index is 982. The van der Waals surface area contributed by atoms with Gasteiger partial charge in [-0.1, -0.05) is 65.8 Å². The van der Waals surface area contributed by atoms with Crippen molar-refractivity contribution in [2.45, 2.75) is 23.9 Å². The number of nitrogens with zero attached hydrogens (tertiary/aromatic N) is 3. The number of hydrogen-bond acceptors (Lipinski definition) is 5. The van der Waals surface area contributed by atoms with Crippen LogP contribution in [0, 0.1) is 0 Å². The van der Waals surface area contributed by atoms with Gasteiger partial charge in [-0.3, -0.25) is 4.79 Å². The number of carbonyl (C=O) groups excluding carboxylic acids is 1. The summed E-state index contributed by atoms with van der Waals surface area (Å²) in [5.41, 5.74) is 2.72. The van der Waals surface area contributed by atoms with Crippen LogP contribution in [0.4, 0.5) is 5.82 Å². The quantitative estimate of drug-likeness (QED) is 0.328. The predicted octanol–water partition coefficient (Wildman–Crippen LogP) is 4.98. The Kier molecular flexibility index (Phi) is 7.12. The fourth-order valence-electron chi connectivity index (χ4n) is 2.73. The minimum Gasteiger partial charge on any atom is -0.363 e. The number of amides is 1. The maximum Gasteiger partial charge on any atom is 0.251 e. The van der Waals surface area contributed by atoms with E-state index in [0.29, 0.717) is 21.6 Å². The summed E-state index contributed by atoms with van der Waals surface area (Å²) in [6.45, 7) is 1.98. The van der Waals surface area contributed by atoms with Crippen molar-refractivity contribution in [3.05, 3.63) is 82.5 Å². The number of benzene rings is 2. The van der Waals surface area contributed by atoms with Gasteiger partial charge in [0, 0.05) is 31.5 Å². The number of anilines is 1. The van der Waals surface area contributed by atoms with E-state index >= 15 is 0 Å². The Balaban J connectivity index is 1.66. The number of carbonyl (C=O) groups is 1. The average Bonchev–Trinajstić information content (AvgIpc) is 2.72. The number of rotatable bonds is 7. The SMILES string of the molecule is CC(NC(=O)c1cccc(CSc2nc(Cl)cc(N(C)C)n2)c1)c1ccccc1. The summed E-state index contributed by atoms with van der Waals surface area (Å²) >= 11 is 7.58. The molecule has 0 spiro atoms. The summed E-state index contributed by atoms with van der Waals surface area (Å²) in [5, 5.41) is 4.06. The van der Waals surface area contributed by atoms with Gasteiger partial charge in [-0.05, 0) is 30.2 Å². The lowest BCUT2D eigenvalue weighted by Gasteiger charge is -2.15. The summed E-state index contributed by atoms with van der Waals surface area (Å²) in [7, 11) is 3.82. The first kappa shape index (κ1) is 21.1. The van der Waals surface area contributed by atoms with Crippen LogP contribution in [0.2, 0.25) is 5.15 Å². The first-order valence-corrected chi connectivity index (χ1v) is 10.6. The Morgan fingerprint density at radius 3 is 2.59 bits per heavy atom. The molecule has 3 rings (SSSR count). The molecule has 1 unspecified atom stereocenters. The van der Waals surface area contributed by atoms with Gasteiger partial charge in [0.15, 0.2) is 5.16 Å². The number of halogens is 1. The zero-order chi connectivity index (χ0) is 20.8. The molecule has 2 aromatic carbocycles. The van der Waals surface area contributed by atoms with Crippen LogP contribution in [0.15, 0.2) is 65.8 Å². The monoisotopic (exact) mass is 426 g/mol. The van der Waals surface area contributed by atoms with Crippen LogP contribution in [0.3, 0.4) is 0 Å². The lowest BCUT2D eigenvalue weighted by Crippen LogP contribution is -2.26. The second-order valence-electron chi connectivity index (χ2n) is 6.82. The Labute approximate surface area is 180 Å². The fourth-order valence-corrected chi connectivity index (χ4v) is 3.76. The van der Waals surface area contributed by atoms with Crippen molar-refractivity contribution < 1.29 is 4.79 Å². The van der Waals surface area contributed by atoms with Crippen molar-refractivity contribution in [3.63, 3.8) is 0 Å². The molecule has 0 aliphatic rings. The van der Waals surface area contributed by atoms with Gasteiger partial charge in [-0.25, -0.2) is 9.97 Å². The van der Waals surface area contributed by atoms with Gasteiger partial charge in [-0.15, -0.1) is 0 Å². The van der Waals surface area contributed by atoms with Gasteiger partial charge in [-0.2, -0.15) is 0 Å². The highest BCUT2D eigenvalue weighted by Gasteiger charge is 2.12. The molecule has 0 saturated carbocycles. The minimum atomic E-state index is -0.0953. The molecule has 0 fully saturated rings. The van der Waals surface area contributed by atoms with Crippen molar-refractivity contribution in [1.82, 2.24) is 15.3 Å². The highest BCUT2D eigenvalue weighted by molar-refractivity contribution is 7.98. The van der Waals surface area contributed by atoms with E-state index in [0.717, 1.165) is 16.9 Å². The van der Waals surface area contributed by atoms with Crippen LogP contribution in [0.5, 0.6) is 0 Å². The van der Waals surface area contributed by atoms with Gasteiger partial charge < -0.3 is 10.2 Å². The van der Waals surface area contributed by atoms with Crippen molar-refractivity contribution in [3.8, 4) is 0 Å². The second-order valence-corrected chi connectivity index (χ2v) is 8.15. The molecule has 0 aliphatic heterocycles. The number of aromatic nitrogens is 2. The maximum atomic E-state index is 12.7. The predicted molar refractivity (Wildman–Crippen MR) is 120 cm³/mol. The molecule has 1 N–H and O–H groups in total. The van der Waals surface area contributed by atoms with Crippen LogP contribution in [0.1, 0.15) is 34.5 Å². The van der Waals surface area contributed by atoms with Gasteiger partial charge in [0.25, 0.3) is 5.91 Å². The third kappa shape index (κ3) is 5.95. The summed E-state index contributed by atoms with van der Waals surface area (Å²) < 4.78 is 0. The normalized spacial score (nSPS) is 11.7. The van der Waals surface area contributed by atoms with Gasteiger partial charge >= 0.3 is 0 Å². The third-order valence-corrected chi connectivity index (χ3v) is 5.44. The van der Waals surface area contributed by atoms with Gasteiger partial charge in [0.05, 0.1) is 6.04 Å². The van der Waals surface area contributed by atoms with Crippen LogP contribution in [-0.4, -0.2) is 30.0 Å². The molecule has 3 aromatic rings. The van der Waals surface area contributed by atoms with Crippen molar-refractivity contribution in [1.29, 1.82) is 0 Å². The van der Waals surface area contributed by atoms with Crippen LogP contribution >= 0.6 is 23.4 Å². The Morgan fingerprint density at radius 2 is 1.86 bits per heavy atom. The standard InChI is InChI=1S/C22H23ClN4OS/c1-15(17-9-5-4-6-10-17)24-21(28)18-11-7-8-16(12-18)14-29-22-25-19(23)13-20(26-22)27(2)3/h4-13,15H,14H2,1-3H3,(H,24,28). The van der Waals surface area contributed by atoms with E-state index in [4.69, 9.17) is 11.6 Å². The van der Waals surface area contributed by atoms with Crippen LogP contribution < -0.4 is 10.2 Å². The van der Waals surface area contributed by atoms with E-state index in [1.165, 1.54) is 11.8 Å². The van der Waals surface area contributed by atoms with E-state index in [-0.39, 0.29) is 11.9 Å². The smallest absolute Gasteiger partial charge is 0.251 e. The number of nitrogens with one attached hydrogen (secondary N) is 1. The van der Waals surface area contributed by atoms with E-state index < -0.39 is 0 Å². The molecule has 0 bridgehead atoms. The molecule has 1 heterocycles. The minimum absolute atomic E-state index is 0.0638.